The van der Waals surface area contributed by atoms with Gasteiger partial charge in [-0.3, -0.25) is 4.79 Å². The molecule has 6 heteroatoms. The second kappa shape index (κ2) is 7.22. The number of hydrogen-bond donors (Lipinski definition) is 1. The molecule has 0 saturated carbocycles. The molecular formula is C15H18ClN3O2. The van der Waals surface area contributed by atoms with Crippen LogP contribution in [0.3, 0.4) is 0 Å². The van der Waals surface area contributed by atoms with E-state index >= 15 is 0 Å². The van der Waals surface area contributed by atoms with Crippen molar-refractivity contribution in [3.05, 3.63) is 35.2 Å². The number of carbonyl (C=O) groups excluding carboxylic acids is 1. The van der Waals surface area contributed by atoms with E-state index in [1.807, 2.05) is 12.1 Å². The Bertz CT molecular complexity index is 610. The molecule has 112 valence electrons. The van der Waals surface area contributed by atoms with Gasteiger partial charge in [0.15, 0.2) is 0 Å². The fourth-order valence-corrected chi connectivity index (χ4v) is 1.92. The van der Waals surface area contributed by atoms with E-state index in [9.17, 15) is 4.79 Å². The Labute approximate surface area is 128 Å². The third-order valence-electron chi connectivity index (χ3n) is 2.82. The van der Waals surface area contributed by atoms with Crippen molar-refractivity contribution in [1.82, 2.24) is 15.5 Å². The minimum absolute atomic E-state index is 0.00814. The summed E-state index contributed by atoms with van der Waals surface area (Å²) in [6, 6.07) is 7.24. The van der Waals surface area contributed by atoms with Gasteiger partial charge in [-0.05, 0) is 18.1 Å². The lowest BCUT2D eigenvalue weighted by molar-refractivity contribution is -0.121. The highest BCUT2D eigenvalue weighted by Crippen LogP contribution is 2.20. The Morgan fingerprint density at radius 1 is 1.43 bits per heavy atom. The second-order valence-electron chi connectivity index (χ2n) is 5.22. The molecule has 0 aliphatic carbocycles. The molecule has 1 heterocycles. The van der Waals surface area contributed by atoms with Crippen LogP contribution in [0.2, 0.25) is 5.02 Å². The molecule has 1 aromatic carbocycles. The standard InChI is InChI=1S/C15H18ClN3O2/c1-10(2)9-17-13(20)6-7-14-18-15(19-21-14)11-4-3-5-12(16)8-11/h3-5,8,10H,6-7,9H2,1-2H3,(H,17,20). The SMILES string of the molecule is CC(C)CNC(=O)CCc1nc(-c2cccc(Cl)c2)no1. The highest BCUT2D eigenvalue weighted by atomic mass is 35.5. The normalized spacial score (nSPS) is 10.9. The number of hydrogen-bond acceptors (Lipinski definition) is 4. The molecule has 1 amide bonds. The molecule has 1 N–H and O–H groups in total. The van der Waals surface area contributed by atoms with Crippen molar-refractivity contribution in [3.63, 3.8) is 0 Å². The number of amides is 1. The van der Waals surface area contributed by atoms with E-state index in [0.29, 0.717) is 42.0 Å². The molecular weight excluding hydrogens is 290 g/mol. The summed E-state index contributed by atoms with van der Waals surface area (Å²) in [6.07, 6.45) is 0.765. The number of aryl methyl sites for hydroxylation is 1. The van der Waals surface area contributed by atoms with Crippen molar-refractivity contribution < 1.29 is 9.32 Å². The Morgan fingerprint density at radius 3 is 2.95 bits per heavy atom. The maximum Gasteiger partial charge on any atom is 0.227 e. The third kappa shape index (κ3) is 4.86. The highest BCUT2D eigenvalue weighted by Gasteiger charge is 2.11. The van der Waals surface area contributed by atoms with E-state index in [2.05, 4.69) is 29.3 Å². The van der Waals surface area contributed by atoms with Crippen LogP contribution in [0, 0.1) is 5.92 Å². The van der Waals surface area contributed by atoms with Crippen LogP contribution in [-0.2, 0) is 11.2 Å². The molecule has 21 heavy (non-hydrogen) atoms. The van der Waals surface area contributed by atoms with Gasteiger partial charge in [-0.1, -0.05) is 42.7 Å². The number of aromatic nitrogens is 2. The quantitative estimate of drug-likeness (QED) is 0.890. The first-order chi connectivity index (χ1) is 10.0. The van der Waals surface area contributed by atoms with Crippen LogP contribution in [0.15, 0.2) is 28.8 Å². The zero-order chi connectivity index (χ0) is 15.2. The van der Waals surface area contributed by atoms with Crippen LogP contribution in [0.5, 0.6) is 0 Å². The van der Waals surface area contributed by atoms with Crippen molar-refractivity contribution in [2.24, 2.45) is 5.92 Å². The largest absolute Gasteiger partial charge is 0.356 e. The molecule has 1 aromatic heterocycles. The zero-order valence-electron chi connectivity index (χ0n) is 12.1. The Morgan fingerprint density at radius 2 is 2.24 bits per heavy atom. The van der Waals surface area contributed by atoms with Gasteiger partial charge in [-0.25, -0.2) is 0 Å². The first-order valence-electron chi connectivity index (χ1n) is 6.90. The summed E-state index contributed by atoms with van der Waals surface area (Å²) in [4.78, 5) is 15.9. The van der Waals surface area contributed by atoms with Crippen molar-refractivity contribution in [2.75, 3.05) is 6.54 Å². The maximum atomic E-state index is 11.6. The van der Waals surface area contributed by atoms with Crippen LogP contribution >= 0.6 is 11.6 Å². The van der Waals surface area contributed by atoms with E-state index in [1.165, 1.54) is 0 Å². The summed E-state index contributed by atoms with van der Waals surface area (Å²) in [5.74, 6) is 1.36. The van der Waals surface area contributed by atoms with Gasteiger partial charge in [0.2, 0.25) is 17.6 Å². The lowest BCUT2D eigenvalue weighted by Gasteiger charge is -2.06. The van der Waals surface area contributed by atoms with Crippen LogP contribution in [0.1, 0.15) is 26.2 Å². The minimum atomic E-state index is -0.00814. The topological polar surface area (TPSA) is 68.0 Å². The van der Waals surface area contributed by atoms with Crippen LogP contribution in [0.4, 0.5) is 0 Å². The predicted octanol–water partition coefficient (Wildman–Crippen LogP) is 3.09. The molecule has 0 spiro atoms. The highest BCUT2D eigenvalue weighted by molar-refractivity contribution is 6.30. The number of carbonyl (C=O) groups is 1. The smallest absolute Gasteiger partial charge is 0.227 e. The number of nitrogens with one attached hydrogen (secondary N) is 1. The first-order valence-corrected chi connectivity index (χ1v) is 7.27. The zero-order valence-corrected chi connectivity index (χ0v) is 12.9. The van der Waals surface area contributed by atoms with E-state index in [-0.39, 0.29) is 5.91 Å². The van der Waals surface area contributed by atoms with Crippen molar-refractivity contribution in [2.45, 2.75) is 26.7 Å². The molecule has 0 atom stereocenters. The van der Waals surface area contributed by atoms with Gasteiger partial charge in [-0.2, -0.15) is 4.98 Å². The van der Waals surface area contributed by atoms with Crippen molar-refractivity contribution in [3.8, 4) is 11.4 Å². The van der Waals surface area contributed by atoms with E-state index in [0.717, 1.165) is 5.56 Å². The summed E-state index contributed by atoms with van der Waals surface area (Å²) < 4.78 is 5.15. The molecule has 0 unspecified atom stereocenters. The summed E-state index contributed by atoms with van der Waals surface area (Å²) in [6.45, 7) is 4.78. The van der Waals surface area contributed by atoms with E-state index in [4.69, 9.17) is 16.1 Å². The second-order valence-corrected chi connectivity index (χ2v) is 5.66. The fourth-order valence-electron chi connectivity index (χ4n) is 1.73. The maximum absolute atomic E-state index is 11.6. The minimum Gasteiger partial charge on any atom is -0.356 e. The molecule has 2 aromatic rings. The average molecular weight is 308 g/mol. The van der Waals surface area contributed by atoms with Gasteiger partial charge in [-0.15, -0.1) is 0 Å². The van der Waals surface area contributed by atoms with Crippen LogP contribution in [0.25, 0.3) is 11.4 Å². The van der Waals surface area contributed by atoms with Gasteiger partial charge in [0.25, 0.3) is 0 Å². The van der Waals surface area contributed by atoms with E-state index < -0.39 is 0 Å². The summed E-state index contributed by atoms with van der Waals surface area (Å²) >= 11 is 5.93. The Hall–Kier alpha value is -1.88. The molecule has 2 rings (SSSR count). The molecule has 0 aliphatic heterocycles. The van der Waals surface area contributed by atoms with Crippen molar-refractivity contribution >= 4 is 17.5 Å². The average Bonchev–Trinajstić information content (AvgIpc) is 2.92. The number of nitrogens with zero attached hydrogens (tertiary/aromatic N) is 2. The third-order valence-corrected chi connectivity index (χ3v) is 3.06. The monoisotopic (exact) mass is 307 g/mol. The summed E-state index contributed by atoms with van der Waals surface area (Å²) in [5, 5.41) is 7.37. The molecule has 5 nitrogen and oxygen atoms in total. The van der Waals surface area contributed by atoms with E-state index in [1.54, 1.807) is 12.1 Å². The summed E-state index contributed by atoms with van der Waals surface area (Å²) in [5.41, 5.74) is 0.793. The van der Waals surface area contributed by atoms with Crippen molar-refractivity contribution in [1.29, 1.82) is 0 Å². The molecule has 0 fully saturated rings. The lowest BCUT2D eigenvalue weighted by atomic mass is 10.2. The number of halogens is 1. The molecule has 0 radical (unpaired) electrons. The Balaban J connectivity index is 1.90. The van der Waals surface area contributed by atoms with Gasteiger partial charge >= 0.3 is 0 Å². The van der Waals surface area contributed by atoms with Crippen LogP contribution in [-0.4, -0.2) is 22.6 Å². The summed E-state index contributed by atoms with van der Waals surface area (Å²) in [7, 11) is 0. The lowest BCUT2D eigenvalue weighted by Crippen LogP contribution is -2.27. The van der Waals surface area contributed by atoms with Gasteiger partial charge in [0.05, 0.1) is 0 Å². The van der Waals surface area contributed by atoms with Crippen LogP contribution < -0.4 is 5.32 Å². The first kappa shape index (κ1) is 15.5. The fraction of sp³-hybridized carbons (Fsp3) is 0.400. The predicted molar refractivity (Wildman–Crippen MR) is 80.9 cm³/mol. The Kier molecular flexibility index (Phi) is 5.33. The number of benzene rings is 1. The van der Waals surface area contributed by atoms with Gasteiger partial charge < -0.3 is 9.84 Å². The van der Waals surface area contributed by atoms with Gasteiger partial charge in [0, 0.05) is 30.0 Å². The molecule has 0 bridgehead atoms. The number of rotatable bonds is 6. The molecule has 0 saturated heterocycles. The van der Waals surface area contributed by atoms with Gasteiger partial charge in [0.1, 0.15) is 0 Å². The molecule has 0 aliphatic rings.